The van der Waals surface area contributed by atoms with Crippen LogP contribution in [0.5, 0.6) is 0 Å². The zero-order valence-corrected chi connectivity index (χ0v) is 11.2. The number of hydrogen-bond donors (Lipinski definition) is 1. The third kappa shape index (κ3) is 3.58. The molecule has 0 heterocycles. The van der Waals surface area contributed by atoms with Crippen molar-refractivity contribution in [2.75, 3.05) is 14.1 Å². The van der Waals surface area contributed by atoms with Crippen molar-refractivity contribution in [3.05, 3.63) is 0 Å². The molecule has 14 heavy (non-hydrogen) atoms. The molecule has 3 unspecified atom stereocenters. The van der Waals surface area contributed by atoms with Crippen LogP contribution in [0.15, 0.2) is 0 Å². The van der Waals surface area contributed by atoms with Crippen LogP contribution < -0.4 is 5.32 Å². The van der Waals surface area contributed by atoms with E-state index in [9.17, 15) is 0 Å². The Morgan fingerprint density at radius 2 is 1.50 bits per heavy atom. The van der Waals surface area contributed by atoms with Gasteiger partial charge in [-0.1, -0.05) is 20.8 Å². The molecule has 0 fully saturated rings. The minimum absolute atomic E-state index is 0.344. The molecule has 3 atom stereocenters. The molecule has 0 aromatic heterocycles. The number of likely N-dealkylation sites (N-methyl/N-ethyl adjacent to an activating group) is 2. The van der Waals surface area contributed by atoms with Gasteiger partial charge in [0.2, 0.25) is 0 Å². The van der Waals surface area contributed by atoms with Gasteiger partial charge in [0, 0.05) is 18.1 Å². The van der Waals surface area contributed by atoms with Crippen LogP contribution in [0, 0.1) is 5.41 Å². The average Bonchev–Trinajstić information content (AvgIpc) is 2.11. The van der Waals surface area contributed by atoms with E-state index in [1.165, 1.54) is 0 Å². The van der Waals surface area contributed by atoms with Crippen LogP contribution in [0.4, 0.5) is 0 Å². The highest BCUT2D eigenvalue weighted by atomic mass is 15.2. The summed E-state index contributed by atoms with van der Waals surface area (Å²) in [7, 11) is 4.24. The third-order valence-electron chi connectivity index (χ3n) is 3.69. The molecule has 0 saturated carbocycles. The number of hydrogen-bond acceptors (Lipinski definition) is 2. The number of rotatable bonds is 4. The van der Waals surface area contributed by atoms with Gasteiger partial charge >= 0.3 is 0 Å². The maximum absolute atomic E-state index is 3.31. The van der Waals surface area contributed by atoms with Gasteiger partial charge in [-0.25, -0.2) is 0 Å². The van der Waals surface area contributed by atoms with Gasteiger partial charge in [0.1, 0.15) is 0 Å². The quantitative estimate of drug-likeness (QED) is 0.749. The van der Waals surface area contributed by atoms with Gasteiger partial charge in [0.25, 0.3) is 0 Å². The largest absolute Gasteiger partial charge is 0.316 e. The fourth-order valence-corrected chi connectivity index (χ4v) is 1.56. The summed E-state index contributed by atoms with van der Waals surface area (Å²) in [6.45, 7) is 13.7. The van der Waals surface area contributed by atoms with E-state index in [0.29, 0.717) is 23.5 Å². The fraction of sp³-hybridized carbons (Fsp3) is 1.00. The molecule has 0 rings (SSSR count). The van der Waals surface area contributed by atoms with Crippen molar-refractivity contribution in [2.24, 2.45) is 5.41 Å². The van der Waals surface area contributed by atoms with Crippen LogP contribution in [0.3, 0.4) is 0 Å². The molecule has 86 valence electrons. The molecule has 0 spiro atoms. The first kappa shape index (κ1) is 13.9. The van der Waals surface area contributed by atoms with Gasteiger partial charge in [-0.15, -0.1) is 0 Å². The zero-order chi connectivity index (χ0) is 11.5. The van der Waals surface area contributed by atoms with E-state index in [2.05, 4.69) is 58.8 Å². The van der Waals surface area contributed by atoms with Crippen molar-refractivity contribution in [1.29, 1.82) is 0 Å². The highest BCUT2D eigenvalue weighted by molar-refractivity contribution is 4.84. The topological polar surface area (TPSA) is 15.3 Å². The van der Waals surface area contributed by atoms with Crippen molar-refractivity contribution in [1.82, 2.24) is 10.2 Å². The Hall–Kier alpha value is -0.0800. The van der Waals surface area contributed by atoms with Crippen molar-refractivity contribution in [3.8, 4) is 0 Å². The molecule has 0 aliphatic rings. The first-order valence-electron chi connectivity index (χ1n) is 5.61. The standard InChI is InChI=1S/C12H28N2/c1-9(13-7)10(2)14(8)11(3)12(4,5)6/h9-11,13H,1-8H3. The smallest absolute Gasteiger partial charge is 0.0218 e. The highest BCUT2D eigenvalue weighted by Crippen LogP contribution is 2.24. The summed E-state index contributed by atoms with van der Waals surface area (Å²) < 4.78 is 0. The maximum Gasteiger partial charge on any atom is 0.0218 e. The van der Waals surface area contributed by atoms with Crippen molar-refractivity contribution >= 4 is 0 Å². The zero-order valence-electron chi connectivity index (χ0n) is 11.2. The Balaban J connectivity index is 4.38. The van der Waals surface area contributed by atoms with Gasteiger partial charge in [-0.05, 0) is 40.3 Å². The predicted molar refractivity (Wildman–Crippen MR) is 64.7 cm³/mol. The van der Waals surface area contributed by atoms with E-state index < -0.39 is 0 Å². The Morgan fingerprint density at radius 3 is 1.79 bits per heavy atom. The van der Waals surface area contributed by atoms with Crippen LogP contribution in [0.1, 0.15) is 41.5 Å². The minimum Gasteiger partial charge on any atom is -0.316 e. The summed E-state index contributed by atoms with van der Waals surface area (Å²) in [6, 6.07) is 1.69. The van der Waals surface area contributed by atoms with Crippen LogP contribution in [-0.4, -0.2) is 37.1 Å². The van der Waals surface area contributed by atoms with Crippen molar-refractivity contribution < 1.29 is 0 Å². The fourth-order valence-electron chi connectivity index (χ4n) is 1.56. The van der Waals surface area contributed by atoms with E-state index in [0.717, 1.165) is 0 Å². The molecular weight excluding hydrogens is 172 g/mol. The molecule has 2 nitrogen and oxygen atoms in total. The monoisotopic (exact) mass is 200 g/mol. The normalized spacial score (nSPS) is 19.5. The lowest BCUT2D eigenvalue weighted by molar-refractivity contribution is 0.0900. The Kier molecular flexibility index (Phi) is 5.10. The Bertz CT molecular complexity index is 160. The molecule has 0 bridgehead atoms. The molecule has 0 radical (unpaired) electrons. The van der Waals surface area contributed by atoms with Crippen LogP contribution in [-0.2, 0) is 0 Å². The van der Waals surface area contributed by atoms with E-state index in [-0.39, 0.29) is 0 Å². The summed E-state index contributed by atoms with van der Waals surface area (Å²) in [5, 5.41) is 3.31. The van der Waals surface area contributed by atoms with Crippen molar-refractivity contribution in [3.63, 3.8) is 0 Å². The summed E-state index contributed by atoms with van der Waals surface area (Å²) in [4.78, 5) is 2.46. The Labute approximate surface area is 90.1 Å². The lowest BCUT2D eigenvalue weighted by atomic mass is 9.86. The molecule has 1 N–H and O–H groups in total. The first-order chi connectivity index (χ1) is 6.21. The summed E-state index contributed by atoms with van der Waals surface area (Å²) >= 11 is 0. The minimum atomic E-state index is 0.344. The SMILES string of the molecule is CNC(C)C(C)N(C)C(C)C(C)(C)C. The molecule has 0 amide bonds. The first-order valence-corrected chi connectivity index (χ1v) is 5.61. The summed E-state index contributed by atoms with van der Waals surface area (Å²) in [5.74, 6) is 0. The van der Waals surface area contributed by atoms with Gasteiger partial charge in [-0.2, -0.15) is 0 Å². The van der Waals surface area contributed by atoms with E-state index in [1.807, 2.05) is 7.05 Å². The molecule has 0 aromatic carbocycles. The van der Waals surface area contributed by atoms with Gasteiger partial charge in [-0.3, -0.25) is 4.90 Å². The second-order valence-electron chi connectivity index (χ2n) is 5.53. The van der Waals surface area contributed by atoms with E-state index in [1.54, 1.807) is 0 Å². The third-order valence-corrected chi connectivity index (χ3v) is 3.69. The molecule has 2 heteroatoms. The van der Waals surface area contributed by atoms with Crippen LogP contribution in [0.2, 0.25) is 0 Å². The molecule has 0 aromatic rings. The van der Waals surface area contributed by atoms with E-state index >= 15 is 0 Å². The molecule has 0 saturated heterocycles. The molecule has 0 aliphatic carbocycles. The van der Waals surface area contributed by atoms with Crippen LogP contribution >= 0.6 is 0 Å². The summed E-state index contributed by atoms with van der Waals surface area (Å²) in [6.07, 6.45) is 0. The van der Waals surface area contributed by atoms with Crippen LogP contribution in [0.25, 0.3) is 0 Å². The lowest BCUT2D eigenvalue weighted by Gasteiger charge is -2.41. The summed E-state index contributed by atoms with van der Waals surface area (Å²) in [5.41, 5.74) is 0.344. The lowest BCUT2D eigenvalue weighted by Crippen LogP contribution is -2.51. The highest BCUT2D eigenvalue weighted by Gasteiger charge is 2.28. The van der Waals surface area contributed by atoms with Gasteiger partial charge < -0.3 is 5.32 Å². The molecule has 0 aliphatic heterocycles. The van der Waals surface area contributed by atoms with Crippen molar-refractivity contribution in [2.45, 2.75) is 59.7 Å². The Morgan fingerprint density at radius 1 is 1.07 bits per heavy atom. The molecular formula is C12H28N2. The number of nitrogens with zero attached hydrogens (tertiary/aromatic N) is 1. The van der Waals surface area contributed by atoms with E-state index in [4.69, 9.17) is 0 Å². The average molecular weight is 200 g/mol. The predicted octanol–water partition coefficient (Wildman–Crippen LogP) is 2.35. The maximum atomic E-state index is 3.31. The second-order valence-corrected chi connectivity index (χ2v) is 5.53. The van der Waals surface area contributed by atoms with Gasteiger partial charge in [0.15, 0.2) is 0 Å². The second kappa shape index (κ2) is 5.13. The van der Waals surface area contributed by atoms with Gasteiger partial charge in [0.05, 0.1) is 0 Å². The number of nitrogens with one attached hydrogen (secondary N) is 1.